The molecular weight excluding hydrogens is 112 g/mol. The van der Waals surface area contributed by atoms with Gasteiger partial charge in [-0.2, -0.15) is 0 Å². The fourth-order valence-electron chi connectivity index (χ4n) is 0.655. The molecule has 0 aliphatic rings. The highest BCUT2D eigenvalue weighted by molar-refractivity contribution is 5.90. The molecule has 0 bridgehead atoms. The van der Waals surface area contributed by atoms with Crippen molar-refractivity contribution in [2.45, 2.75) is 20.8 Å². The maximum Gasteiger partial charge on any atom is 0.0300 e. The normalized spacial score (nSPS) is 11.2. The molecule has 0 aliphatic carbocycles. The molecule has 2 nitrogen and oxygen atoms in total. The smallest absolute Gasteiger partial charge is 0.0300 e. The number of rotatable bonds is 3. The molecule has 2 heteroatoms. The van der Waals surface area contributed by atoms with Crippen LogP contribution < -0.4 is 5.32 Å². The Morgan fingerprint density at radius 2 is 2.11 bits per heavy atom. The molecule has 0 fully saturated rings. The average Bonchev–Trinajstić information content (AvgIpc) is 1.63. The minimum atomic E-state index is 0.591. The zero-order chi connectivity index (χ0) is 7.28. The van der Waals surface area contributed by atoms with Crippen LogP contribution in [-0.2, 0) is 0 Å². The van der Waals surface area contributed by atoms with E-state index >= 15 is 0 Å². The van der Waals surface area contributed by atoms with Crippen LogP contribution in [-0.4, -0.2) is 12.3 Å². The van der Waals surface area contributed by atoms with Crippen LogP contribution in [0.2, 0.25) is 0 Å². The van der Waals surface area contributed by atoms with Crippen LogP contribution in [0, 0.1) is 5.41 Å². The molecule has 2 N–H and O–H groups in total. The fraction of sp³-hybridized carbons (Fsp3) is 0.571. The third-order valence-electron chi connectivity index (χ3n) is 0.889. The van der Waals surface area contributed by atoms with E-state index in [4.69, 9.17) is 5.41 Å². The van der Waals surface area contributed by atoms with Gasteiger partial charge in [-0.15, -0.1) is 0 Å². The highest BCUT2D eigenvalue weighted by atomic mass is 14.9. The fourth-order valence-corrected chi connectivity index (χ4v) is 0.655. The summed E-state index contributed by atoms with van der Waals surface area (Å²) in [6, 6.07) is 0. The first-order valence-electron chi connectivity index (χ1n) is 3.14. The molecule has 0 unspecified atom stereocenters. The molecule has 0 spiro atoms. The molecular formula is C7H14N2. The van der Waals surface area contributed by atoms with E-state index in [1.807, 2.05) is 19.9 Å². The summed E-state index contributed by atoms with van der Waals surface area (Å²) in [5.74, 6) is 0. The zero-order valence-electron chi connectivity index (χ0n) is 6.28. The first kappa shape index (κ1) is 8.21. The molecule has 9 heavy (non-hydrogen) atoms. The Labute approximate surface area is 56.5 Å². The lowest BCUT2D eigenvalue weighted by molar-refractivity contribution is 0.855. The number of hydrogen-bond donors (Lipinski definition) is 2. The van der Waals surface area contributed by atoms with Crippen molar-refractivity contribution in [3.63, 3.8) is 0 Å². The third-order valence-corrected chi connectivity index (χ3v) is 0.889. The minimum Gasteiger partial charge on any atom is -0.389 e. The van der Waals surface area contributed by atoms with Crippen molar-refractivity contribution in [1.82, 2.24) is 5.32 Å². The van der Waals surface area contributed by atoms with Crippen molar-refractivity contribution >= 4 is 5.71 Å². The Morgan fingerprint density at radius 3 is 2.44 bits per heavy atom. The third kappa shape index (κ3) is 5.07. The van der Waals surface area contributed by atoms with E-state index in [9.17, 15) is 0 Å². The number of allylic oxidation sites excluding steroid dienone is 2. The summed E-state index contributed by atoms with van der Waals surface area (Å²) in [5.41, 5.74) is 1.65. The molecule has 0 aliphatic heterocycles. The zero-order valence-corrected chi connectivity index (χ0v) is 6.28. The molecule has 0 heterocycles. The summed E-state index contributed by atoms with van der Waals surface area (Å²) in [6.07, 6.45) is 1.81. The maximum absolute atomic E-state index is 7.09. The SMILES string of the molecule is CCN/C(C)=C\C(C)=N. The molecule has 0 rings (SSSR count). The molecule has 52 valence electrons. The van der Waals surface area contributed by atoms with Crippen LogP contribution >= 0.6 is 0 Å². The molecule has 0 amide bonds. The molecule has 0 saturated carbocycles. The van der Waals surface area contributed by atoms with Crippen LogP contribution in [0.15, 0.2) is 11.8 Å². The minimum absolute atomic E-state index is 0.591. The largest absolute Gasteiger partial charge is 0.389 e. The molecule has 0 aromatic carbocycles. The van der Waals surface area contributed by atoms with Gasteiger partial charge in [0, 0.05) is 18.0 Å². The first-order chi connectivity index (χ1) is 4.16. The van der Waals surface area contributed by atoms with E-state index in [0.717, 1.165) is 12.2 Å². The van der Waals surface area contributed by atoms with Gasteiger partial charge in [0.1, 0.15) is 0 Å². The lowest BCUT2D eigenvalue weighted by atomic mass is 10.3. The van der Waals surface area contributed by atoms with Crippen molar-refractivity contribution in [2.75, 3.05) is 6.54 Å². The van der Waals surface area contributed by atoms with Crippen LogP contribution in [0.25, 0.3) is 0 Å². The monoisotopic (exact) mass is 126 g/mol. The van der Waals surface area contributed by atoms with Crippen LogP contribution in [0.5, 0.6) is 0 Å². The molecule has 0 aromatic rings. The second-order valence-electron chi connectivity index (χ2n) is 2.04. The van der Waals surface area contributed by atoms with E-state index in [1.165, 1.54) is 0 Å². The Hall–Kier alpha value is -0.790. The Bertz CT molecular complexity index is 125. The molecule has 0 radical (unpaired) electrons. The maximum atomic E-state index is 7.09. The van der Waals surface area contributed by atoms with Crippen molar-refractivity contribution in [2.24, 2.45) is 0 Å². The Morgan fingerprint density at radius 1 is 1.56 bits per heavy atom. The van der Waals surface area contributed by atoms with Gasteiger partial charge in [-0.25, -0.2) is 0 Å². The standard InChI is InChI=1S/C7H14N2/c1-4-9-7(3)5-6(2)8/h5,8-9H,4H2,1-3H3/b7-5-,8-6?. The summed E-state index contributed by atoms with van der Waals surface area (Å²) in [5, 5.41) is 10.2. The second-order valence-corrected chi connectivity index (χ2v) is 2.04. The Kier molecular flexibility index (Phi) is 3.76. The predicted octanol–water partition coefficient (Wildman–Crippen LogP) is 1.54. The molecule has 0 saturated heterocycles. The summed E-state index contributed by atoms with van der Waals surface area (Å²) >= 11 is 0. The highest BCUT2D eigenvalue weighted by Gasteiger charge is 1.83. The summed E-state index contributed by atoms with van der Waals surface area (Å²) in [4.78, 5) is 0. The average molecular weight is 126 g/mol. The van der Waals surface area contributed by atoms with Crippen LogP contribution in [0.3, 0.4) is 0 Å². The van der Waals surface area contributed by atoms with Gasteiger partial charge < -0.3 is 10.7 Å². The van der Waals surface area contributed by atoms with Crippen molar-refractivity contribution < 1.29 is 0 Å². The van der Waals surface area contributed by atoms with Crippen LogP contribution in [0.4, 0.5) is 0 Å². The topological polar surface area (TPSA) is 35.9 Å². The van der Waals surface area contributed by atoms with Gasteiger partial charge in [0.05, 0.1) is 0 Å². The van der Waals surface area contributed by atoms with Crippen LogP contribution in [0.1, 0.15) is 20.8 Å². The summed E-state index contributed by atoms with van der Waals surface area (Å²) in [7, 11) is 0. The summed E-state index contributed by atoms with van der Waals surface area (Å²) < 4.78 is 0. The lowest BCUT2D eigenvalue weighted by Crippen LogP contribution is -2.09. The number of hydrogen-bond acceptors (Lipinski definition) is 2. The predicted molar refractivity (Wildman–Crippen MR) is 40.8 cm³/mol. The van der Waals surface area contributed by atoms with Gasteiger partial charge in [-0.3, -0.25) is 0 Å². The quantitative estimate of drug-likeness (QED) is 0.553. The van der Waals surface area contributed by atoms with E-state index in [0.29, 0.717) is 5.71 Å². The van der Waals surface area contributed by atoms with E-state index < -0.39 is 0 Å². The van der Waals surface area contributed by atoms with Gasteiger partial charge in [0.25, 0.3) is 0 Å². The van der Waals surface area contributed by atoms with E-state index in [-0.39, 0.29) is 0 Å². The van der Waals surface area contributed by atoms with Crippen molar-refractivity contribution in [1.29, 1.82) is 5.41 Å². The molecule has 0 atom stereocenters. The van der Waals surface area contributed by atoms with Gasteiger partial charge in [-0.1, -0.05) is 0 Å². The van der Waals surface area contributed by atoms with Crippen molar-refractivity contribution in [3.8, 4) is 0 Å². The van der Waals surface area contributed by atoms with Gasteiger partial charge in [-0.05, 0) is 26.8 Å². The Balaban J connectivity index is 3.69. The van der Waals surface area contributed by atoms with E-state index in [2.05, 4.69) is 5.32 Å². The van der Waals surface area contributed by atoms with E-state index in [1.54, 1.807) is 6.92 Å². The number of nitrogens with one attached hydrogen (secondary N) is 2. The van der Waals surface area contributed by atoms with Gasteiger partial charge in [0.2, 0.25) is 0 Å². The van der Waals surface area contributed by atoms with Crippen molar-refractivity contribution in [3.05, 3.63) is 11.8 Å². The van der Waals surface area contributed by atoms with Gasteiger partial charge in [0.15, 0.2) is 0 Å². The highest BCUT2D eigenvalue weighted by Crippen LogP contribution is 1.85. The second kappa shape index (κ2) is 4.13. The molecule has 0 aromatic heterocycles. The lowest BCUT2D eigenvalue weighted by Gasteiger charge is -2.00. The summed E-state index contributed by atoms with van der Waals surface area (Å²) in [6.45, 7) is 6.69. The first-order valence-corrected chi connectivity index (χ1v) is 3.14. The van der Waals surface area contributed by atoms with Gasteiger partial charge >= 0.3 is 0 Å².